The summed E-state index contributed by atoms with van der Waals surface area (Å²) in [4.78, 5) is 16.6. The van der Waals surface area contributed by atoms with Crippen LogP contribution in [0.15, 0.2) is 55.1 Å². The van der Waals surface area contributed by atoms with Gasteiger partial charge in [-0.1, -0.05) is 0 Å². The fourth-order valence-corrected chi connectivity index (χ4v) is 3.93. The largest absolute Gasteiger partial charge is 0.494 e. The molecule has 1 aromatic carbocycles. The lowest BCUT2D eigenvalue weighted by molar-refractivity contribution is -0.137. The Bertz CT molecular complexity index is 1130. The van der Waals surface area contributed by atoms with Gasteiger partial charge in [0.15, 0.2) is 0 Å². The summed E-state index contributed by atoms with van der Waals surface area (Å²) >= 11 is 0. The van der Waals surface area contributed by atoms with Gasteiger partial charge in [-0.25, -0.2) is 9.97 Å². The highest BCUT2D eigenvalue weighted by Crippen LogP contribution is 2.39. The molecule has 0 radical (unpaired) electrons. The van der Waals surface area contributed by atoms with E-state index in [2.05, 4.69) is 19.9 Å². The molecule has 0 bridgehead atoms. The number of aryl methyl sites for hydroxylation is 1. The molecule has 2 aromatic heterocycles. The molecule has 0 amide bonds. The standard InChI is InChI=1S/C23H24F3N5O/c1-16-28-13-20(14-29-16)30-11-8-19(9-12-30)31(21-15-27-10-7-22(21)32-2)18-5-3-17(4-6-18)23(24,25)26/h3-7,10,13-15,19H,8-9,11-12H2,1-2H3/i2D3. The number of benzene rings is 1. The summed E-state index contributed by atoms with van der Waals surface area (Å²) in [6.07, 6.45) is 3.25. The second-order valence-corrected chi connectivity index (χ2v) is 7.57. The maximum atomic E-state index is 13.2. The normalized spacial score (nSPS) is 16.8. The number of nitrogens with zero attached hydrogens (tertiary/aromatic N) is 5. The number of rotatable bonds is 5. The molecule has 6 nitrogen and oxygen atoms in total. The van der Waals surface area contributed by atoms with E-state index < -0.39 is 18.8 Å². The van der Waals surface area contributed by atoms with E-state index in [4.69, 9.17) is 8.85 Å². The van der Waals surface area contributed by atoms with Crippen molar-refractivity contribution in [3.05, 3.63) is 66.5 Å². The fraction of sp³-hybridized carbons (Fsp3) is 0.348. The zero-order valence-corrected chi connectivity index (χ0v) is 17.4. The van der Waals surface area contributed by atoms with Gasteiger partial charge in [0.2, 0.25) is 0 Å². The molecule has 0 unspecified atom stereocenters. The molecular formula is C23H24F3N5O. The van der Waals surface area contributed by atoms with Crippen LogP contribution in [0.1, 0.15) is 28.3 Å². The van der Waals surface area contributed by atoms with Crippen molar-refractivity contribution in [1.29, 1.82) is 0 Å². The maximum Gasteiger partial charge on any atom is 0.416 e. The highest BCUT2D eigenvalue weighted by molar-refractivity contribution is 5.69. The average molecular weight is 446 g/mol. The van der Waals surface area contributed by atoms with E-state index in [1.165, 1.54) is 30.6 Å². The second-order valence-electron chi connectivity index (χ2n) is 7.57. The van der Waals surface area contributed by atoms with E-state index in [0.29, 0.717) is 43.1 Å². The zero-order chi connectivity index (χ0) is 25.2. The molecular weight excluding hydrogens is 419 g/mol. The van der Waals surface area contributed by atoms with E-state index in [1.54, 1.807) is 12.4 Å². The number of hydrogen-bond acceptors (Lipinski definition) is 6. The summed E-state index contributed by atoms with van der Waals surface area (Å²) in [5, 5.41) is 0. The molecule has 0 aliphatic carbocycles. The molecule has 32 heavy (non-hydrogen) atoms. The molecule has 1 aliphatic rings. The summed E-state index contributed by atoms with van der Waals surface area (Å²) in [6, 6.07) is 6.10. The third-order valence-electron chi connectivity index (χ3n) is 5.57. The Morgan fingerprint density at radius 1 is 1.06 bits per heavy atom. The van der Waals surface area contributed by atoms with Crippen molar-refractivity contribution in [3.63, 3.8) is 0 Å². The average Bonchev–Trinajstić information content (AvgIpc) is 2.80. The Hall–Kier alpha value is -3.36. The van der Waals surface area contributed by atoms with Gasteiger partial charge in [0, 0.05) is 37.1 Å². The van der Waals surface area contributed by atoms with Crippen molar-refractivity contribution >= 4 is 17.1 Å². The minimum absolute atomic E-state index is 0.0780. The van der Waals surface area contributed by atoms with Crippen LogP contribution in [0, 0.1) is 6.92 Å². The predicted octanol–water partition coefficient (Wildman–Crippen LogP) is 5.01. The molecule has 9 heteroatoms. The van der Waals surface area contributed by atoms with Crippen LogP contribution in [0.5, 0.6) is 5.75 Å². The number of methoxy groups -OCH3 is 1. The molecule has 0 N–H and O–H groups in total. The van der Waals surface area contributed by atoms with Gasteiger partial charge >= 0.3 is 6.18 Å². The van der Waals surface area contributed by atoms with Crippen molar-refractivity contribution in [1.82, 2.24) is 15.0 Å². The predicted molar refractivity (Wildman–Crippen MR) is 116 cm³/mol. The number of ether oxygens (including phenoxy) is 1. The van der Waals surface area contributed by atoms with E-state index in [-0.39, 0.29) is 11.8 Å². The topological polar surface area (TPSA) is 54.4 Å². The number of pyridine rings is 1. The smallest absolute Gasteiger partial charge is 0.416 e. The summed E-state index contributed by atoms with van der Waals surface area (Å²) in [5.74, 6) is 0.754. The summed E-state index contributed by atoms with van der Waals surface area (Å²) in [7, 11) is -2.70. The minimum Gasteiger partial charge on any atom is -0.494 e. The van der Waals surface area contributed by atoms with Gasteiger partial charge in [0.25, 0.3) is 0 Å². The SMILES string of the molecule is [2H]C([2H])([2H])Oc1ccncc1N(c1ccc(C(F)(F)F)cc1)C1CCN(c2cnc(C)nc2)CC1. The van der Waals surface area contributed by atoms with Gasteiger partial charge < -0.3 is 14.5 Å². The lowest BCUT2D eigenvalue weighted by Crippen LogP contribution is -2.43. The van der Waals surface area contributed by atoms with E-state index in [1.807, 2.05) is 11.8 Å². The molecule has 3 aromatic rings. The third-order valence-corrected chi connectivity index (χ3v) is 5.57. The van der Waals surface area contributed by atoms with Crippen molar-refractivity contribution in [3.8, 4) is 5.75 Å². The molecule has 4 rings (SSSR count). The minimum atomic E-state index is -4.46. The van der Waals surface area contributed by atoms with Crippen LogP contribution in [0.25, 0.3) is 0 Å². The van der Waals surface area contributed by atoms with Gasteiger partial charge in [-0.2, -0.15) is 13.2 Å². The first-order valence-corrected chi connectivity index (χ1v) is 10.1. The fourth-order valence-electron chi connectivity index (χ4n) is 3.93. The Balaban J connectivity index is 1.66. The molecule has 1 fully saturated rings. The van der Waals surface area contributed by atoms with E-state index >= 15 is 0 Å². The van der Waals surface area contributed by atoms with Crippen molar-refractivity contribution < 1.29 is 22.0 Å². The quantitative estimate of drug-likeness (QED) is 0.549. The number of halogens is 3. The first kappa shape index (κ1) is 18.2. The zero-order valence-electron chi connectivity index (χ0n) is 20.4. The third kappa shape index (κ3) is 4.61. The van der Waals surface area contributed by atoms with Crippen molar-refractivity contribution in [2.45, 2.75) is 32.0 Å². The lowest BCUT2D eigenvalue weighted by atomic mass is 10.0. The lowest BCUT2D eigenvalue weighted by Gasteiger charge is -2.40. The highest BCUT2D eigenvalue weighted by Gasteiger charge is 2.32. The second kappa shape index (κ2) is 9.02. The molecule has 1 saturated heterocycles. The Morgan fingerprint density at radius 2 is 1.75 bits per heavy atom. The summed E-state index contributed by atoms with van der Waals surface area (Å²) in [6.45, 7) is 3.12. The van der Waals surface area contributed by atoms with Crippen LogP contribution in [0.4, 0.5) is 30.2 Å². The van der Waals surface area contributed by atoms with E-state index in [0.717, 1.165) is 17.8 Å². The molecule has 3 heterocycles. The number of aromatic nitrogens is 3. The first-order valence-electron chi connectivity index (χ1n) is 11.6. The van der Waals surface area contributed by atoms with Gasteiger partial charge in [0.1, 0.15) is 17.3 Å². The Morgan fingerprint density at radius 3 is 2.38 bits per heavy atom. The van der Waals surface area contributed by atoms with Gasteiger partial charge in [0.05, 0.1) is 41.0 Å². The molecule has 168 valence electrons. The van der Waals surface area contributed by atoms with Crippen molar-refractivity contribution in [2.24, 2.45) is 0 Å². The van der Waals surface area contributed by atoms with Crippen molar-refractivity contribution in [2.75, 3.05) is 29.9 Å². The van der Waals surface area contributed by atoms with Crippen LogP contribution in [0.3, 0.4) is 0 Å². The molecule has 0 saturated carbocycles. The summed E-state index contributed by atoms with van der Waals surface area (Å²) in [5.41, 5.74) is 0.988. The molecule has 1 aliphatic heterocycles. The molecule has 0 spiro atoms. The maximum absolute atomic E-state index is 13.2. The number of hydrogen-bond donors (Lipinski definition) is 0. The Kier molecular flexibility index (Phi) is 5.14. The summed E-state index contributed by atoms with van der Waals surface area (Å²) < 4.78 is 67.2. The van der Waals surface area contributed by atoms with E-state index in [9.17, 15) is 13.2 Å². The van der Waals surface area contributed by atoms with Crippen LogP contribution in [-0.4, -0.2) is 41.1 Å². The van der Waals surface area contributed by atoms with Gasteiger partial charge in [-0.05, 0) is 44.0 Å². The highest BCUT2D eigenvalue weighted by atomic mass is 19.4. The number of anilines is 3. The van der Waals surface area contributed by atoms with Crippen LogP contribution >= 0.6 is 0 Å². The Labute approximate surface area is 188 Å². The van der Waals surface area contributed by atoms with Crippen LogP contribution in [0.2, 0.25) is 0 Å². The van der Waals surface area contributed by atoms with Gasteiger partial charge in [-0.15, -0.1) is 0 Å². The molecule has 0 atom stereocenters. The van der Waals surface area contributed by atoms with Crippen LogP contribution < -0.4 is 14.5 Å². The monoisotopic (exact) mass is 446 g/mol. The van der Waals surface area contributed by atoms with Gasteiger partial charge in [-0.3, -0.25) is 4.98 Å². The first-order chi connectivity index (χ1) is 16.5. The number of piperidine rings is 1. The van der Waals surface area contributed by atoms with Crippen LogP contribution in [-0.2, 0) is 6.18 Å². The number of alkyl halides is 3.